The van der Waals surface area contributed by atoms with E-state index >= 15 is 0 Å². The van der Waals surface area contributed by atoms with Crippen molar-refractivity contribution in [3.8, 4) is 17.2 Å². The lowest BCUT2D eigenvalue weighted by Crippen LogP contribution is -2.36. The SMILES string of the molecule is CCCc1noc(-c2cccc(CNC(=NC)NCc3ccccc3OCC)c2)n1. The predicted octanol–water partition coefficient (Wildman–Crippen LogP) is 3.95. The van der Waals surface area contributed by atoms with E-state index in [-0.39, 0.29) is 0 Å². The molecule has 0 bridgehead atoms. The molecule has 1 aromatic heterocycles. The number of benzene rings is 2. The van der Waals surface area contributed by atoms with E-state index in [9.17, 15) is 0 Å². The molecule has 0 amide bonds. The molecule has 0 saturated heterocycles. The van der Waals surface area contributed by atoms with Gasteiger partial charge in [-0.2, -0.15) is 4.98 Å². The molecule has 3 aromatic rings. The van der Waals surface area contributed by atoms with E-state index in [1.165, 1.54) is 0 Å². The van der Waals surface area contributed by atoms with Crippen LogP contribution in [0.1, 0.15) is 37.2 Å². The van der Waals surface area contributed by atoms with Gasteiger partial charge in [0.05, 0.1) is 6.61 Å². The van der Waals surface area contributed by atoms with Crippen LogP contribution in [0.5, 0.6) is 5.75 Å². The largest absolute Gasteiger partial charge is 0.494 e. The Morgan fingerprint density at radius 1 is 1.07 bits per heavy atom. The molecule has 7 heteroatoms. The van der Waals surface area contributed by atoms with Gasteiger partial charge in [0.25, 0.3) is 5.89 Å². The van der Waals surface area contributed by atoms with E-state index in [2.05, 4.69) is 38.8 Å². The van der Waals surface area contributed by atoms with Gasteiger partial charge in [-0.05, 0) is 37.1 Å². The van der Waals surface area contributed by atoms with Crippen molar-refractivity contribution in [2.24, 2.45) is 4.99 Å². The van der Waals surface area contributed by atoms with Crippen LogP contribution in [0.15, 0.2) is 58.0 Å². The van der Waals surface area contributed by atoms with Gasteiger partial charge in [0, 0.05) is 37.7 Å². The smallest absolute Gasteiger partial charge is 0.257 e. The van der Waals surface area contributed by atoms with Gasteiger partial charge < -0.3 is 19.9 Å². The van der Waals surface area contributed by atoms with Crippen LogP contribution in [-0.4, -0.2) is 29.8 Å². The van der Waals surface area contributed by atoms with Crippen molar-refractivity contribution >= 4 is 5.96 Å². The van der Waals surface area contributed by atoms with Crippen LogP contribution in [0.2, 0.25) is 0 Å². The van der Waals surface area contributed by atoms with Crippen LogP contribution in [0.3, 0.4) is 0 Å². The highest BCUT2D eigenvalue weighted by atomic mass is 16.5. The highest BCUT2D eigenvalue weighted by Crippen LogP contribution is 2.19. The maximum Gasteiger partial charge on any atom is 0.257 e. The molecule has 0 aliphatic heterocycles. The molecule has 0 aliphatic rings. The van der Waals surface area contributed by atoms with Crippen molar-refractivity contribution in [3.63, 3.8) is 0 Å². The lowest BCUT2D eigenvalue weighted by atomic mass is 10.1. The van der Waals surface area contributed by atoms with Crippen molar-refractivity contribution in [1.82, 2.24) is 20.8 Å². The Morgan fingerprint density at radius 2 is 1.90 bits per heavy atom. The van der Waals surface area contributed by atoms with Crippen molar-refractivity contribution < 1.29 is 9.26 Å². The predicted molar refractivity (Wildman–Crippen MR) is 118 cm³/mol. The molecule has 1 heterocycles. The summed E-state index contributed by atoms with van der Waals surface area (Å²) in [6.45, 7) is 5.96. The van der Waals surface area contributed by atoms with Crippen LogP contribution >= 0.6 is 0 Å². The van der Waals surface area contributed by atoms with Gasteiger partial charge in [0.2, 0.25) is 0 Å². The van der Waals surface area contributed by atoms with Gasteiger partial charge in [-0.1, -0.05) is 42.4 Å². The van der Waals surface area contributed by atoms with Gasteiger partial charge >= 0.3 is 0 Å². The van der Waals surface area contributed by atoms with Gasteiger partial charge in [-0.15, -0.1) is 0 Å². The number of ether oxygens (including phenoxy) is 1. The Kier molecular flexibility index (Phi) is 7.83. The van der Waals surface area contributed by atoms with Crippen LogP contribution in [0, 0.1) is 0 Å². The topological polar surface area (TPSA) is 84.6 Å². The molecular weight excluding hydrogens is 378 g/mol. The summed E-state index contributed by atoms with van der Waals surface area (Å²) in [5.41, 5.74) is 3.10. The Balaban J connectivity index is 1.59. The summed E-state index contributed by atoms with van der Waals surface area (Å²) in [6, 6.07) is 16.1. The summed E-state index contributed by atoms with van der Waals surface area (Å²) in [6.07, 6.45) is 1.81. The third-order valence-corrected chi connectivity index (χ3v) is 4.52. The van der Waals surface area contributed by atoms with Crippen LogP contribution in [0.25, 0.3) is 11.5 Å². The fraction of sp³-hybridized carbons (Fsp3) is 0.348. The average molecular weight is 408 g/mol. The first kappa shape index (κ1) is 21.4. The van der Waals surface area contributed by atoms with E-state index in [0.717, 1.165) is 47.1 Å². The number of rotatable bonds is 9. The first-order chi connectivity index (χ1) is 14.7. The first-order valence-electron chi connectivity index (χ1n) is 10.3. The zero-order valence-electron chi connectivity index (χ0n) is 17.8. The molecule has 0 unspecified atom stereocenters. The molecule has 3 rings (SSSR count). The van der Waals surface area contributed by atoms with E-state index < -0.39 is 0 Å². The number of guanidine groups is 1. The summed E-state index contributed by atoms with van der Waals surface area (Å²) in [5.74, 6) is 2.90. The number of aliphatic imine (C=N–C) groups is 1. The lowest BCUT2D eigenvalue weighted by Gasteiger charge is -2.14. The maximum atomic E-state index is 5.68. The zero-order chi connectivity index (χ0) is 21.2. The van der Waals surface area contributed by atoms with Crippen molar-refractivity contribution in [2.45, 2.75) is 39.8 Å². The summed E-state index contributed by atoms with van der Waals surface area (Å²) in [5, 5.41) is 10.7. The van der Waals surface area contributed by atoms with Gasteiger partial charge in [-0.25, -0.2) is 0 Å². The Bertz CT molecular complexity index is 967. The highest BCUT2D eigenvalue weighted by molar-refractivity contribution is 5.79. The van der Waals surface area contributed by atoms with Crippen molar-refractivity contribution in [2.75, 3.05) is 13.7 Å². The number of hydrogen-bond donors (Lipinski definition) is 2. The first-order valence-corrected chi connectivity index (χ1v) is 10.3. The monoisotopic (exact) mass is 407 g/mol. The summed E-state index contributed by atoms with van der Waals surface area (Å²) >= 11 is 0. The zero-order valence-corrected chi connectivity index (χ0v) is 17.8. The fourth-order valence-corrected chi connectivity index (χ4v) is 3.04. The minimum atomic E-state index is 0.551. The molecule has 0 saturated carbocycles. The maximum absolute atomic E-state index is 5.68. The van der Waals surface area contributed by atoms with E-state index in [1.807, 2.05) is 49.4 Å². The Hall–Kier alpha value is -3.35. The van der Waals surface area contributed by atoms with Crippen LogP contribution in [0.4, 0.5) is 0 Å². The standard InChI is InChI=1S/C23H29N5O2/c1-4-9-21-27-22(30-28-21)18-12-8-10-17(14-18)15-25-23(24-3)26-16-19-11-6-7-13-20(19)29-5-2/h6-8,10-14H,4-5,9,15-16H2,1-3H3,(H2,24,25,26). The Morgan fingerprint density at radius 3 is 2.70 bits per heavy atom. The molecule has 30 heavy (non-hydrogen) atoms. The molecular formula is C23H29N5O2. The van der Waals surface area contributed by atoms with Crippen molar-refractivity contribution in [1.29, 1.82) is 0 Å². The number of aromatic nitrogens is 2. The van der Waals surface area contributed by atoms with Crippen LogP contribution in [-0.2, 0) is 19.5 Å². The summed E-state index contributed by atoms with van der Waals surface area (Å²) in [7, 11) is 1.76. The van der Waals surface area contributed by atoms with Gasteiger partial charge in [-0.3, -0.25) is 4.99 Å². The second-order valence-corrected chi connectivity index (χ2v) is 6.79. The number of nitrogens with zero attached hydrogens (tertiary/aromatic N) is 3. The molecule has 0 aliphatic carbocycles. The van der Waals surface area contributed by atoms with Gasteiger partial charge in [0.1, 0.15) is 5.75 Å². The second kappa shape index (κ2) is 11.0. The van der Waals surface area contributed by atoms with Gasteiger partial charge in [0.15, 0.2) is 11.8 Å². The van der Waals surface area contributed by atoms with E-state index in [0.29, 0.717) is 25.6 Å². The second-order valence-electron chi connectivity index (χ2n) is 6.79. The molecule has 2 aromatic carbocycles. The molecule has 0 spiro atoms. The third kappa shape index (κ3) is 5.83. The third-order valence-electron chi connectivity index (χ3n) is 4.52. The molecule has 0 fully saturated rings. The molecule has 7 nitrogen and oxygen atoms in total. The lowest BCUT2D eigenvalue weighted by molar-refractivity contribution is 0.336. The molecule has 158 valence electrons. The number of nitrogens with one attached hydrogen (secondary N) is 2. The average Bonchev–Trinajstić information content (AvgIpc) is 3.24. The van der Waals surface area contributed by atoms with Crippen LogP contribution < -0.4 is 15.4 Å². The Labute approximate surface area is 177 Å². The molecule has 0 atom stereocenters. The molecule has 0 radical (unpaired) electrons. The number of para-hydroxylation sites is 1. The quantitative estimate of drug-likeness (QED) is 0.413. The fourth-order valence-electron chi connectivity index (χ4n) is 3.04. The summed E-state index contributed by atoms with van der Waals surface area (Å²) < 4.78 is 11.1. The minimum Gasteiger partial charge on any atom is -0.494 e. The van der Waals surface area contributed by atoms with E-state index in [4.69, 9.17) is 9.26 Å². The summed E-state index contributed by atoms with van der Waals surface area (Å²) in [4.78, 5) is 8.77. The normalized spacial score (nSPS) is 11.4. The number of aryl methyl sites for hydroxylation is 1. The highest BCUT2D eigenvalue weighted by Gasteiger charge is 2.09. The van der Waals surface area contributed by atoms with Crippen molar-refractivity contribution in [3.05, 3.63) is 65.5 Å². The number of hydrogen-bond acceptors (Lipinski definition) is 5. The van der Waals surface area contributed by atoms with E-state index in [1.54, 1.807) is 7.05 Å². The molecule has 2 N–H and O–H groups in total. The minimum absolute atomic E-state index is 0.551.